The van der Waals surface area contributed by atoms with Gasteiger partial charge in [-0.3, -0.25) is 4.90 Å². The Morgan fingerprint density at radius 2 is 1.30 bits per heavy atom. The van der Waals surface area contributed by atoms with Gasteiger partial charge in [-0.2, -0.15) is 0 Å². The van der Waals surface area contributed by atoms with Crippen LogP contribution in [0.25, 0.3) is 75.7 Å². The lowest BCUT2D eigenvalue weighted by Gasteiger charge is -2.26. The first-order valence-electron chi connectivity index (χ1n) is 15.3. The van der Waals surface area contributed by atoms with Crippen LogP contribution in [0.4, 0.5) is 17.3 Å². The van der Waals surface area contributed by atoms with Gasteiger partial charge in [0.1, 0.15) is 11.6 Å². The Balaban J connectivity index is 1.36. The molecule has 0 aliphatic rings. The normalized spacial score (nSPS) is 11.9. The standard InChI is InChI=1S/C42H23N5/c1-44-30(24-43)22-28-16-18-34-35-19-20-38(36-14-7-13-33(42(35)36)32-12-6-11-31(28)41(32)34)47(39-21-17-26-8-4-5-15-37(26)46-39)40-23-27-9-2-3-10-29(27)25-45-40/h2-23,25H/b30-22-. The first-order chi connectivity index (χ1) is 23.2. The van der Waals surface area contributed by atoms with Gasteiger partial charge in [0.2, 0.25) is 0 Å². The number of hydrogen-bond donors (Lipinski definition) is 0. The van der Waals surface area contributed by atoms with Crippen molar-refractivity contribution in [3.63, 3.8) is 0 Å². The van der Waals surface area contributed by atoms with E-state index in [-0.39, 0.29) is 5.70 Å². The highest BCUT2D eigenvalue weighted by molar-refractivity contribution is 6.34. The summed E-state index contributed by atoms with van der Waals surface area (Å²) in [4.78, 5) is 15.7. The fraction of sp³-hybridized carbons (Fsp3) is 0. The number of rotatable bonds is 4. The largest absolute Gasteiger partial charge is 0.278 e. The highest BCUT2D eigenvalue weighted by Crippen LogP contribution is 2.46. The molecule has 0 aliphatic heterocycles. The molecule has 7 aromatic carbocycles. The summed E-state index contributed by atoms with van der Waals surface area (Å²) in [5, 5.41) is 21.7. The maximum absolute atomic E-state index is 9.45. The zero-order valence-corrected chi connectivity index (χ0v) is 25.0. The molecule has 0 fully saturated rings. The van der Waals surface area contributed by atoms with Crippen LogP contribution in [-0.2, 0) is 0 Å². The summed E-state index contributed by atoms with van der Waals surface area (Å²) in [5.41, 5.74) is 2.84. The lowest BCUT2D eigenvalue weighted by Crippen LogP contribution is -2.13. The van der Waals surface area contributed by atoms with Crippen LogP contribution in [0.5, 0.6) is 0 Å². The molecule has 5 nitrogen and oxygen atoms in total. The van der Waals surface area contributed by atoms with E-state index < -0.39 is 0 Å². The number of aromatic nitrogens is 2. The molecule has 0 unspecified atom stereocenters. The number of benzene rings is 7. The second-order valence-electron chi connectivity index (χ2n) is 11.6. The first-order valence-corrected chi connectivity index (χ1v) is 15.3. The number of nitriles is 1. The quantitative estimate of drug-likeness (QED) is 0.0876. The van der Waals surface area contributed by atoms with Crippen LogP contribution >= 0.6 is 0 Å². The van der Waals surface area contributed by atoms with Crippen molar-refractivity contribution in [2.75, 3.05) is 4.90 Å². The Morgan fingerprint density at radius 3 is 2.09 bits per heavy atom. The topological polar surface area (TPSA) is 57.2 Å². The second-order valence-corrected chi connectivity index (χ2v) is 11.6. The summed E-state index contributed by atoms with van der Waals surface area (Å²) in [6, 6.07) is 46.1. The molecule has 0 saturated carbocycles. The van der Waals surface area contributed by atoms with Crippen LogP contribution in [0.15, 0.2) is 139 Å². The van der Waals surface area contributed by atoms with Crippen molar-refractivity contribution in [3.05, 3.63) is 156 Å². The summed E-state index contributed by atoms with van der Waals surface area (Å²) >= 11 is 0. The molecule has 5 heteroatoms. The van der Waals surface area contributed by atoms with Crippen molar-refractivity contribution in [1.29, 1.82) is 5.26 Å². The van der Waals surface area contributed by atoms with Crippen molar-refractivity contribution in [2.24, 2.45) is 0 Å². The van der Waals surface area contributed by atoms with E-state index in [4.69, 9.17) is 16.5 Å². The number of para-hydroxylation sites is 1. The average Bonchev–Trinajstić information content (AvgIpc) is 3.13. The fourth-order valence-electron chi connectivity index (χ4n) is 7.01. The summed E-state index contributed by atoms with van der Waals surface area (Å²) in [6.07, 6.45) is 3.61. The first kappa shape index (κ1) is 26.6. The Labute approximate surface area is 270 Å². The van der Waals surface area contributed by atoms with E-state index in [1.165, 1.54) is 5.39 Å². The Morgan fingerprint density at radius 1 is 0.638 bits per heavy atom. The molecule has 9 aromatic rings. The van der Waals surface area contributed by atoms with E-state index in [9.17, 15) is 5.26 Å². The van der Waals surface area contributed by atoms with Crippen LogP contribution in [0.1, 0.15) is 5.56 Å². The third-order valence-corrected chi connectivity index (χ3v) is 9.10. The third-order valence-electron chi connectivity index (χ3n) is 9.10. The van der Waals surface area contributed by atoms with Crippen molar-refractivity contribution in [1.82, 2.24) is 9.97 Å². The van der Waals surface area contributed by atoms with Crippen molar-refractivity contribution < 1.29 is 0 Å². The monoisotopic (exact) mass is 597 g/mol. The number of nitrogens with zero attached hydrogens (tertiary/aromatic N) is 5. The molecule has 47 heavy (non-hydrogen) atoms. The molecule has 2 aromatic heterocycles. The van der Waals surface area contributed by atoms with E-state index >= 15 is 0 Å². The highest BCUT2D eigenvalue weighted by atomic mass is 15.2. The molecule has 0 bridgehead atoms. The number of pyridine rings is 2. The van der Waals surface area contributed by atoms with E-state index in [0.717, 1.165) is 82.3 Å². The van der Waals surface area contributed by atoms with Crippen molar-refractivity contribution in [2.45, 2.75) is 0 Å². The Bertz CT molecular complexity index is 2720. The van der Waals surface area contributed by atoms with Crippen LogP contribution in [-0.4, -0.2) is 9.97 Å². The molecule has 0 radical (unpaired) electrons. The lowest BCUT2D eigenvalue weighted by atomic mass is 9.87. The second kappa shape index (κ2) is 10.4. The van der Waals surface area contributed by atoms with Crippen LogP contribution in [0.3, 0.4) is 0 Å². The molecule has 2 heterocycles. The number of allylic oxidation sites excluding steroid dienone is 1. The highest BCUT2D eigenvalue weighted by Gasteiger charge is 2.22. The number of hydrogen-bond acceptors (Lipinski definition) is 4. The van der Waals surface area contributed by atoms with Gasteiger partial charge < -0.3 is 0 Å². The molecular formula is C42H23N5. The van der Waals surface area contributed by atoms with E-state index in [2.05, 4.69) is 107 Å². The van der Waals surface area contributed by atoms with Crippen molar-refractivity contribution in [3.8, 4) is 6.07 Å². The van der Waals surface area contributed by atoms with Gasteiger partial charge in [0.05, 0.1) is 23.8 Å². The zero-order valence-electron chi connectivity index (χ0n) is 25.0. The minimum absolute atomic E-state index is 0.0679. The molecule has 9 rings (SSSR count). The summed E-state index contributed by atoms with van der Waals surface area (Å²) in [7, 11) is 0. The van der Waals surface area contributed by atoms with Gasteiger partial charge in [0, 0.05) is 22.4 Å². The number of fused-ring (bicyclic) bond motifs is 4. The van der Waals surface area contributed by atoms with Crippen molar-refractivity contribution >= 4 is 88.2 Å². The SMILES string of the molecule is [C-]#[N+]/C(C#N)=C\c1ccc2c3ccc(N(c4cc5ccccc5cn4)c4ccc5ccccc5n4)c4cccc(c5cccc1c52)c43. The predicted octanol–water partition coefficient (Wildman–Crippen LogP) is 11.1. The average molecular weight is 598 g/mol. The number of anilines is 3. The maximum atomic E-state index is 9.45. The van der Waals surface area contributed by atoms with E-state index in [0.29, 0.717) is 0 Å². The van der Waals surface area contributed by atoms with Gasteiger partial charge in [-0.05, 0) is 85.1 Å². The maximum Gasteiger partial charge on any atom is 0.262 e. The van der Waals surface area contributed by atoms with Gasteiger partial charge in [0.15, 0.2) is 0 Å². The summed E-state index contributed by atoms with van der Waals surface area (Å²) < 4.78 is 0. The van der Waals surface area contributed by atoms with Gasteiger partial charge in [-0.25, -0.2) is 20.1 Å². The molecule has 0 N–H and O–H groups in total. The van der Waals surface area contributed by atoms with E-state index in [1.807, 2.05) is 42.6 Å². The molecular weight excluding hydrogens is 574 g/mol. The lowest BCUT2D eigenvalue weighted by molar-refractivity contribution is 1.16. The predicted molar refractivity (Wildman–Crippen MR) is 193 cm³/mol. The Hall–Kier alpha value is -6.82. The van der Waals surface area contributed by atoms with Gasteiger partial charge in [0.25, 0.3) is 5.70 Å². The van der Waals surface area contributed by atoms with Crippen LogP contribution in [0.2, 0.25) is 0 Å². The van der Waals surface area contributed by atoms with Gasteiger partial charge in [-0.1, -0.05) is 97.1 Å². The summed E-state index contributed by atoms with van der Waals surface area (Å²) in [5.74, 6) is 1.57. The molecule has 0 amide bonds. The molecule has 0 atom stereocenters. The molecule has 0 saturated heterocycles. The van der Waals surface area contributed by atoms with Crippen LogP contribution in [0, 0.1) is 17.9 Å². The molecule has 0 aliphatic carbocycles. The smallest absolute Gasteiger partial charge is 0.262 e. The summed E-state index contributed by atoms with van der Waals surface area (Å²) in [6.45, 7) is 7.40. The van der Waals surface area contributed by atoms with E-state index in [1.54, 1.807) is 6.08 Å². The van der Waals surface area contributed by atoms with Crippen LogP contribution < -0.4 is 4.90 Å². The molecule has 216 valence electrons. The fourth-order valence-corrected chi connectivity index (χ4v) is 7.01. The Kier molecular flexibility index (Phi) is 5.87. The molecule has 0 spiro atoms. The minimum atomic E-state index is 0.0679. The minimum Gasteiger partial charge on any atom is -0.278 e. The van der Waals surface area contributed by atoms with Gasteiger partial charge in [-0.15, -0.1) is 0 Å². The van der Waals surface area contributed by atoms with Gasteiger partial charge >= 0.3 is 0 Å². The third kappa shape index (κ3) is 4.08. The zero-order chi connectivity index (χ0) is 31.5.